The molecule has 0 spiro atoms. The number of ether oxygens (including phenoxy) is 3. The van der Waals surface area contributed by atoms with Crippen LogP contribution in [0.2, 0.25) is 0 Å². The number of hydrogen-bond acceptors (Lipinski definition) is 5. The van der Waals surface area contributed by atoms with Crippen LogP contribution in [-0.2, 0) is 22.6 Å². The van der Waals surface area contributed by atoms with E-state index in [-0.39, 0.29) is 6.61 Å². The first-order chi connectivity index (χ1) is 17.5. The Hall–Kier alpha value is -4.20. The van der Waals surface area contributed by atoms with Gasteiger partial charge in [-0.3, -0.25) is 4.79 Å². The Bertz CT molecular complexity index is 1260. The minimum absolute atomic E-state index is 0.0996. The summed E-state index contributed by atoms with van der Waals surface area (Å²) < 4.78 is 29.7. The van der Waals surface area contributed by atoms with Gasteiger partial charge >= 0.3 is 12.0 Å². The van der Waals surface area contributed by atoms with E-state index < -0.39 is 29.8 Å². The predicted octanol–water partition coefficient (Wildman–Crippen LogP) is 5.04. The van der Waals surface area contributed by atoms with E-state index in [4.69, 9.17) is 14.2 Å². The molecule has 2 amide bonds. The van der Waals surface area contributed by atoms with E-state index in [0.717, 1.165) is 11.3 Å². The van der Waals surface area contributed by atoms with Gasteiger partial charge in [-0.2, -0.15) is 0 Å². The van der Waals surface area contributed by atoms with Gasteiger partial charge in [-0.05, 0) is 65.9 Å². The molecule has 1 heterocycles. The summed E-state index contributed by atoms with van der Waals surface area (Å²) in [7, 11) is 3.15. The van der Waals surface area contributed by atoms with Gasteiger partial charge in [0.2, 0.25) is 0 Å². The molecule has 0 saturated carbocycles. The third-order valence-corrected chi connectivity index (χ3v) is 6.02. The van der Waals surface area contributed by atoms with E-state index in [2.05, 4.69) is 10.3 Å². The predicted molar refractivity (Wildman–Crippen MR) is 133 cm³/mol. The zero-order valence-electron chi connectivity index (χ0n) is 20.1. The van der Waals surface area contributed by atoms with Crippen LogP contribution in [0.3, 0.4) is 0 Å². The summed E-state index contributed by atoms with van der Waals surface area (Å²) >= 11 is 0. The van der Waals surface area contributed by atoms with Gasteiger partial charge in [0.1, 0.15) is 29.8 Å². The topological polar surface area (TPSA) is 86.2 Å². The standard InChI is InChI=1S/C28H27FN2O5/c1-34-22-12-9-18(10-13-22)11-14-24-25(27(32)36-17-19-5-3-7-21(29)15-19)26(31-28(33)30-24)20-6-4-8-23(16-20)35-2/h3-10,12-13,15-16,25-26H,11,14,17H2,1-2H3,(H,31,33). The lowest BCUT2D eigenvalue weighted by atomic mass is 9.85. The molecular formula is C28H27FN2O5. The zero-order chi connectivity index (χ0) is 25.5. The van der Waals surface area contributed by atoms with Crippen molar-refractivity contribution in [3.63, 3.8) is 0 Å². The third kappa shape index (κ3) is 6.07. The lowest BCUT2D eigenvalue weighted by molar-refractivity contribution is -0.148. The summed E-state index contributed by atoms with van der Waals surface area (Å²) in [6, 6.07) is 19.4. The number of rotatable bonds is 9. The van der Waals surface area contributed by atoms with Crippen molar-refractivity contribution >= 4 is 17.7 Å². The van der Waals surface area contributed by atoms with Crippen LogP contribution in [0.15, 0.2) is 77.8 Å². The largest absolute Gasteiger partial charge is 0.497 e. The molecule has 0 bridgehead atoms. The number of benzene rings is 3. The van der Waals surface area contributed by atoms with Crippen LogP contribution in [0, 0.1) is 11.7 Å². The number of methoxy groups -OCH3 is 2. The highest BCUT2D eigenvalue weighted by molar-refractivity contribution is 6.09. The number of carbonyl (C=O) groups is 2. The number of nitrogens with zero attached hydrogens (tertiary/aromatic N) is 1. The highest BCUT2D eigenvalue weighted by Crippen LogP contribution is 2.32. The highest BCUT2D eigenvalue weighted by Gasteiger charge is 2.39. The highest BCUT2D eigenvalue weighted by atomic mass is 19.1. The first-order valence-electron chi connectivity index (χ1n) is 11.5. The molecule has 186 valence electrons. The van der Waals surface area contributed by atoms with E-state index >= 15 is 0 Å². The van der Waals surface area contributed by atoms with E-state index in [9.17, 15) is 14.0 Å². The van der Waals surface area contributed by atoms with Crippen LogP contribution < -0.4 is 14.8 Å². The van der Waals surface area contributed by atoms with Crippen molar-refractivity contribution in [2.45, 2.75) is 25.5 Å². The molecule has 0 radical (unpaired) electrons. The van der Waals surface area contributed by atoms with Crippen molar-refractivity contribution in [1.82, 2.24) is 5.32 Å². The minimum Gasteiger partial charge on any atom is -0.497 e. The third-order valence-electron chi connectivity index (χ3n) is 6.02. The summed E-state index contributed by atoms with van der Waals surface area (Å²) in [4.78, 5) is 30.1. The number of aliphatic imine (C=N–C) groups is 1. The first-order valence-corrected chi connectivity index (χ1v) is 11.5. The molecule has 36 heavy (non-hydrogen) atoms. The van der Waals surface area contributed by atoms with Crippen LogP contribution in [0.5, 0.6) is 11.5 Å². The molecule has 8 heteroatoms. The molecule has 0 aromatic heterocycles. The first kappa shape index (κ1) is 24.9. The van der Waals surface area contributed by atoms with Crippen LogP contribution in [-0.4, -0.2) is 31.9 Å². The van der Waals surface area contributed by atoms with E-state index in [1.807, 2.05) is 30.3 Å². The zero-order valence-corrected chi connectivity index (χ0v) is 20.1. The maximum Gasteiger partial charge on any atom is 0.341 e. The van der Waals surface area contributed by atoms with E-state index in [0.29, 0.717) is 35.4 Å². The SMILES string of the molecule is COc1ccc(CCC2=NC(=O)NC(c3cccc(OC)c3)C2C(=O)OCc2cccc(F)c2)cc1. The Kier molecular flexibility index (Phi) is 7.95. The number of urea groups is 1. The number of nitrogens with one attached hydrogen (secondary N) is 1. The molecule has 7 nitrogen and oxygen atoms in total. The summed E-state index contributed by atoms with van der Waals surface area (Å²) in [5, 5.41) is 2.81. The van der Waals surface area contributed by atoms with Crippen molar-refractivity contribution in [2.24, 2.45) is 10.9 Å². The number of esters is 1. The van der Waals surface area contributed by atoms with Gasteiger partial charge in [0.25, 0.3) is 0 Å². The molecule has 0 saturated heterocycles. The Balaban J connectivity index is 1.60. The summed E-state index contributed by atoms with van der Waals surface area (Å²) in [6.45, 7) is -0.0996. The van der Waals surface area contributed by atoms with Gasteiger partial charge in [0.05, 0.1) is 20.3 Å². The molecule has 2 atom stereocenters. The Labute approximate surface area is 208 Å². The fraction of sp³-hybridized carbons (Fsp3) is 0.250. The van der Waals surface area contributed by atoms with Crippen LogP contribution in [0.4, 0.5) is 9.18 Å². The fourth-order valence-corrected chi connectivity index (χ4v) is 4.17. The maximum absolute atomic E-state index is 13.6. The van der Waals surface area contributed by atoms with Gasteiger partial charge in [-0.25, -0.2) is 14.2 Å². The van der Waals surface area contributed by atoms with Crippen molar-refractivity contribution in [2.75, 3.05) is 14.2 Å². The normalized spacial score (nSPS) is 17.1. The number of hydrogen-bond donors (Lipinski definition) is 1. The minimum atomic E-state index is -0.860. The summed E-state index contributed by atoms with van der Waals surface area (Å²) in [5.74, 6) is -0.493. The number of aryl methyl sites for hydroxylation is 1. The van der Waals surface area contributed by atoms with Gasteiger partial charge in [0, 0.05) is 5.71 Å². The number of halogens is 1. The maximum atomic E-state index is 13.6. The molecule has 1 aliphatic heterocycles. The molecular weight excluding hydrogens is 463 g/mol. The van der Waals surface area contributed by atoms with Crippen LogP contribution >= 0.6 is 0 Å². The Morgan fingerprint density at radius 3 is 2.39 bits per heavy atom. The van der Waals surface area contributed by atoms with Gasteiger partial charge in [-0.15, -0.1) is 0 Å². The van der Waals surface area contributed by atoms with Crippen molar-refractivity contribution in [3.8, 4) is 11.5 Å². The molecule has 0 fully saturated rings. The molecule has 3 aromatic rings. The van der Waals surface area contributed by atoms with E-state index in [1.165, 1.54) is 12.1 Å². The molecule has 1 aliphatic rings. The van der Waals surface area contributed by atoms with Crippen molar-refractivity contribution < 1.29 is 28.2 Å². The molecule has 4 rings (SSSR count). The van der Waals surface area contributed by atoms with Crippen LogP contribution in [0.25, 0.3) is 0 Å². The monoisotopic (exact) mass is 490 g/mol. The smallest absolute Gasteiger partial charge is 0.341 e. The fourth-order valence-electron chi connectivity index (χ4n) is 4.17. The molecule has 0 aliphatic carbocycles. The second-order valence-electron chi connectivity index (χ2n) is 8.37. The second kappa shape index (κ2) is 11.5. The van der Waals surface area contributed by atoms with Crippen molar-refractivity contribution in [1.29, 1.82) is 0 Å². The lowest BCUT2D eigenvalue weighted by Crippen LogP contribution is -2.45. The second-order valence-corrected chi connectivity index (χ2v) is 8.37. The summed E-state index contributed by atoms with van der Waals surface area (Å²) in [6.07, 6.45) is 0.939. The molecule has 1 N–H and O–H groups in total. The Morgan fingerprint density at radius 1 is 0.917 bits per heavy atom. The Morgan fingerprint density at radius 2 is 1.67 bits per heavy atom. The lowest BCUT2D eigenvalue weighted by Gasteiger charge is -2.31. The quantitative estimate of drug-likeness (QED) is 0.425. The average Bonchev–Trinajstić information content (AvgIpc) is 2.90. The molecule has 2 unspecified atom stereocenters. The van der Waals surface area contributed by atoms with Gasteiger partial charge < -0.3 is 19.5 Å². The molecule has 3 aromatic carbocycles. The average molecular weight is 491 g/mol. The van der Waals surface area contributed by atoms with Crippen molar-refractivity contribution in [3.05, 3.63) is 95.3 Å². The van der Waals surface area contributed by atoms with Gasteiger partial charge in [0.15, 0.2) is 0 Å². The van der Waals surface area contributed by atoms with Crippen LogP contribution in [0.1, 0.15) is 29.2 Å². The summed E-state index contributed by atoms with van der Waals surface area (Å²) in [5.41, 5.74) is 2.64. The number of carbonyl (C=O) groups excluding carboxylic acids is 2. The number of amides is 2. The van der Waals surface area contributed by atoms with Gasteiger partial charge in [-0.1, -0.05) is 36.4 Å². The van der Waals surface area contributed by atoms with E-state index in [1.54, 1.807) is 44.6 Å².